The molecule has 0 saturated carbocycles. The van der Waals surface area contributed by atoms with Crippen molar-refractivity contribution in [3.63, 3.8) is 0 Å². The van der Waals surface area contributed by atoms with Crippen LogP contribution in [0.25, 0.3) is 0 Å². The molecule has 100 valence electrons. The molecule has 0 heterocycles. The number of aliphatic hydroxyl groups is 3. The van der Waals surface area contributed by atoms with Crippen LogP contribution in [-0.4, -0.2) is 45.6 Å². The van der Waals surface area contributed by atoms with Gasteiger partial charge in [-0.2, -0.15) is 0 Å². The molecule has 0 bridgehead atoms. The van der Waals surface area contributed by atoms with E-state index in [1.165, 1.54) is 12.1 Å². The molecule has 0 aliphatic rings. The van der Waals surface area contributed by atoms with Crippen molar-refractivity contribution in [1.82, 2.24) is 0 Å². The van der Waals surface area contributed by atoms with E-state index >= 15 is 0 Å². The Morgan fingerprint density at radius 2 is 1.83 bits per heavy atom. The molecule has 18 heavy (non-hydrogen) atoms. The first-order chi connectivity index (χ1) is 8.48. The van der Waals surface area contributed by atoms with E-state index in [4.69, 9.17) is 15.3 Å². The third-order valence-corrected chi connectivity index (χ3v) is 3.14. The van der Waals surface area contributed by atoms with Gasteiger partial charge in [-0.15, -0.1) is 0 Å². The normalized spacial score (nSPS) is 11.3. The van der Waals surface area contributed by atoms with Gasteiger partial charge in [0, 0.05) is 9.64 Å². The van der Waals surface area contributed by atoms with Crippen LogP contribution < -0.4 is 5.32 Å². The van der Waals surface area contributed by atoms with E-state index in [-0.39, 0.29) is 11.4 Å². The zero-order valence-corrected chi connectivity index (χ0v) is 11.5. The van der Waals surface area contributed by atoms with Crippen LogP contribution in [0.1, 0.15) is 0 Å². The highest BCUT2D eigenvalue weighted by atomic mass is 127. The highest BCUT2D eigenvalue weighted by Crippen LogP contribution is 2.28. The van der Waals surface area contributed by atoms with Crippen LogP contribution >= 0.6 is 22.6 Å². The Bertz CT molecular complexity index is 428. The van der Waals surface area contributed by atoms with Crippen molar-refractivity contribution in [3.8, 4) is 0 Å². The maximum Gasteiger partial charge on any atom is 0.293 e. The number of nitro benzene ring substituents is 1. The Labute approximate surface area is 117 Å². The number of aliphatic hydroxyl groups excluding tert-OH is 3. The van der Waals surface area contributed by atoms with Gasteiger partial charge >= 0.3 is 0 Å². The quantitative estimate of drug-likeness (QED) is 0.327. The Hall–Kier alpha value is -0.970. The third kappa shape index (κ3) is 3.28. The number of benzene rings is 1. The zero-order valence-electron chi connectivity index (χ0n) is 9.34. The predicted molar refractivity (Wildman–Crippen MR) is 73.4 cm³/mol. The second-order valence-corrected chi connectivity index (χ2v) is 5.04. The van der Waals surface area contributed by atoms with Gasteiger partial charge < -0.3 is 20.6 Å². The molecular formula is C10H13IN2O5. The number of nitrogens with zero attached hydrogens (tertiary/aromatic N) is 1. The van der Waals surface area contributed by atoms with Crippen LogP contribution in [0.2, 0.25) is 0 Å². The van der Waals surface area contributed by atoms with Crippen LogP contribution in [0.5, 0.6) is 0 Å². The molecule has 0 saturated heterocycles. The van der Waals surface area contributed by atoms with E-state index in [0.717, 1.165) is 0 Å². The summed E-state index contributed by atoms with van der Waals surface area (Å²) in [4.78, 5) is 10.3. The number of rotatable bonds is 6. The minimum atomic E-state index is -1.39. The van der Waals surface area contributed by atoms with Crippen LogP contribution in [0, 0.1) is 13.7 Å². The molecule has 0 fully saturated rings. The topological polar surface area (TPSA) is 116 Å². The Morgan fingerprint density at radius 1 is 1.28 bits per heavy atom. The van der Waals surface area contributed by atoms with Crippen LogP contribution in [0.15, 0.2) is 18.2 Å². The molecule has 0 aliphatic heterocycles. The molecule has 4 N–H and O–H groups in total. The molecule has 7 nitrogen and oxygen atoms in total. The SMILES string of the molecule is O=[N+]([O-])c1cc(I)ccc1NC(CO)(CO)CO. The van der Waals surface area contributed by atoms with E-state index < -0.39 is 30.3 Å². The summed E-state index contributed by atoms with van der Waals surface area (Å²) in [6.45, 7) is -1.66. The van der Waals surface area contributed by atoms with Gasteiger partial charge in [-0.1, -0.05) is 0 Å². The van der Waals surface area contributed by atoms with E-state index in [1.807, 2.05) is 22.6 Å². The van der Waals surface area contributed by atoms with Crippen molar-refractivity contribution >= 4 is 34.0 Å². The van der Waals surface area contributed by atoms with Crippen molar-refractivity contribution < 1.29 is 20.2 Å². The Balaban J connectivity index is 3.13. The highest BCUT2D eigenvalue weighted by molar-refractivity contribution is 14.1. The lowest BCUT2D eigenvalue weighted by molar-refractivity contribution is -0.384. The summed E-state index contributed by atoms with van der Waals surface area (Å²) in [5, 5.41) is 41.0. The van der Waals surface area contributed by atoms with Crippen molar-refractivity contribution in [1.29, 1.82) is 0 Å². The summed E-state index contributed by atoms with van der Waals surface area (Å²) in [6, 6.07) is 4.47. The summed E-state index contributed by atoms with van der Waals surface area (Å²) in [5.74, 6) is 0. The standard InChI is InChI=1S/C10H13IN2O5/c11-7-1-2-8(9(3-7)13(17)18)12-10(4-14,5-15)6-16/h1-3,12,14-16H,4-6H2. The zero-order chi connectivity index (χ0) is 13.8. The molecule has 0 unspecified atom stereocenters. The van der Waals surface area contributed by atoms with Gasteiger partial charge in [0.05, 0.1) is 24.7 Å². The number of anilines is 1. The average molecular weight is 368 g/mol. The molecule has 0 spiro atoms. The lowest BCUT2D eigenvalue weighted by Gasteiger charge is -2.29. The summed E-state index contributed by atoms with van der Waals surface area (Å²) >= 11 is 1.94. The van der Waals surface area contributed by atoms with Gasteiger partial charge in [-0.25, -0.2) is 0 Å². The molecule has 1 aromatic rings. The van der Waals surface area contributed by atoms with Crippen LogP contribution in [0.3, 0.4) is 0 Å². The lowest BCUT2D eigenvalue weighted by Crippen LogP contribution is -2.49. The fourth-order valence-electron chi connectivity index (χ4n) is 1.32. The minimum Gasteiger partial charge on any atom is -0.394 e. The van der Waals surface area contributed by atoms with Crippen molar-refractivity contribution in [3.05, 3.63) is 31.9 Å². The van der Waals surface area contributed by atoms with Crippen molar-refractivity contribution in [2.45, 2.75) is 5.54 Å². The molecule has 0 radical (unpaired) electrons. The van der Waals surface area contributed by atoms with Crippen LogP contribution in [-0.2, 0) is 0 Å². The fourth-order valence-corrected chi connectivity index (χ4v) is 1.79. The van der Waals surface area contributed by atoms with Crippen molar-refractivity contribution in [2.75, 3.05) is 25.1 Å². The molecule has 0 aromatic heterocycles. The van der Waals surface area contributed by atoms with Gasteiger partial charge in [0.15, 0.2) is 0 Å². The van der Waals surface area contributed by atoms with E-state index in [0.29, 0.717) is 3.57 Å². The first-order valence-corrected chi connectivity index (χ1v) is 6.10. The summed E-state index contributed by atoms with van der Waals surface area (Å²) in [5.41, 5.74) is -1.43. The molecule has 1 aromatic carbocycles. The molecule has 1 rings (SSSR count). The van der Waals surface area contributed by atoms with Gasteiger partial charge in [0.1, 0.15) is 11.2 Å². The highest BCUT2D eigenvalue weighted by Gasteiger charge is 2.30. The minimum absolute atomic E-state index is 0.137. The van der Waals surface area contributed by atoms with Gasteiger partial charge in [-0.05, 0) is 34.7 Å². The second kappa shape index (κ2) is 6.27. The summed E-state index contributed by atoms with van der Waals surface area (Å²) < 4.78 is 0.687. The molecule has 0 atom stereocenters. The number of hydrogen-bond donors (Lipinski definition) is 4. The van der Waals surface area contributed by atoms with Gasteiger partial charge in [0.2, 0.25) is 0 Å². The number of halogens is 1. The first-order valence-electron chi connectivity index (χ1n) is 5.03. The van der Waals surface area contributed by atoms with E-state index in [1.54, 1.807) is 6.07 Å². The molecular weight excluding hydrogens is 355 g/mol. The molecule has 8 heteroatoms. The fraction of sp³-hybridized carbons (Fsp3) is 0.400. The molecule has 0 aliphatic carbocycles. The second-order valence-electron chi connectivity index (χ2n) is 3.80. The van der Waals surface area contributed by atoms with Crippen LogP contribution in [0.4, 0.5) is 11.4 Å². The van der Waals surface area contributed by atoms with Gasteiger partial charge in [0.25, 0.3) is 5.69 Å². The Morgan fingerprint density at radius 3 is 2.28 bits per heavy atom. The third-order valence-electron chi connectivity index (χ3n) is 2.46. The molecule has 0 amide bonds. The monoisotopic (exact) mass is 368 g/mol. The maximum absolute atomic E-state index is 10.9. The van der Waals surface area contributed by atoms with Gasteiger partial charge in [-0.3, -0.25) is 10.1 Å². The van der Waals surface area contributed by atoms with E-state index in [2.05, 4.69) is 5.32 Å². The average Bonchev–Trinajstić information content (AvgIpc) is 2.37. The van der Waals surface area contributed by atoms with E-state index in [9.17, 15) is 10.1 Å². The Kier molecular flexibility index (Phi) is 5.26. The maximum atomic E-state index is 10.9. The number of nitro groups is 1. The smallest absolute Gasteiger partial charge is 0.293 e. The van der Waals surface area contributed by atoms with Crippen molar-refractivity contribution in [2.24, 2.45) is 0 Å². The number of nitrogens with one attached hydrogen (secondary N) is 1. The number of hydrogen-bond acceptors (Lipinski definition) is 6. The largest absolute Gasteiger partial charge is 0.394 e. The lowest BCUT2D eigenvalue weighted by atomic mass is 10.0. The predicted octanol–water partition coefficient (Wildman–Crippen LogP) is 0.327. The first kappa shape index (κ1) is 15.1. The summed E-state index contributed by atoms with van der Waals surface area (Å²) in [7, 11) is 0. The summed E-state index contributed by atoms with van der Waals surface area (Å²) in [6.07, 6.45) is 0.